The first-order valence-electron chi connectivity index (χ1n) is 10.4. The van der Waals surface area contributed by atoms with Gasteiger partial charge in [0, 0.05) is 31.3 Å². The zero-order valence-electron chi connectivity index (χ0n) is 17.9. The number of hydrogen-bond donors (Lipinski definition) is 3. The predicted molar refractivity (Wildman–Crippen MR) is 115 cm³/mol. The van der Waals surface area contributed by atoms with Crippen LogP contribution in [0.15, 0.2) is 29.2 Å². The molecular weight excluding hydrogens is 479 g/mol. The molecular formula is C22H19F5N4O4. The first-order valence-corrected chi connectivity index (χ1v) is 10.4. The number of benzene rings is 1. The molecule has 0 radical (unpaired) electrons. The summed E-state index contributed by atoms with van der Waals surface area (Å²) < 4.78 is 70.7. The molecule has 0 amide bonds. The van der Waals surface area contributed by atoms with Crippen molar-refractivity contribution in [1.82, 2.24) is 9.55 Å². The number of nitrogens with zero attached hydrogens (tertiary/aromatic N) is 3. The van der Waals surface area contributed by atoms with Crippen LogP contribution < -0.4 is 16.1 Å². The van der Waals surface area contributed by atoms with E-state index in [9.17, 15) is 37.4 Å². The van der Waals surface area contributed by atoms with Gasteiger partial charge in [-0.2, -0.15) is 0 Å². The molecule has 1 aliphatic heterocycles. The first kappa shape index (κ1) is 24.4. The topological polar surface area (TPSA) is 122 Å². The molecule has 1 fully saturated rings. The van der Waals surface area contributed by atoms with Gasteiger partial charge in [-0.3, -0.25) is 9.36 Å². The van der Waals surface area contributed by atoms with Crippen LogP contribution in [0.25, 0.3) is 16.7 Å². The predicted octanol–water partition coefficient (Wildman–Crippen LogP) is 2.78. The monoisotopic (exact) mass is 498 g/mol. The van der Waals surface area contributed by atoms with Crippen molar-refractivity contribution < 1.29 is 37.0 Å². The first-order chi connectivity index (χ1) is 16.5. The Morgan fingerprint density at radius 3 is 2.51 bits per heavy atom. The second-order valence-electron chi connectivity index (χ2n) is 8.20. The Hall–Kier alpha value is -3.74. The molecule has 1 aromatic carbocycles. The third-order valence-electron chi connectivity index (χ3n) is 6.17. The van der Waals surface area contributed by atoms with Crippen molar-refractivity contribution >= 4 is 28.4 Å². The maximum Gasteiger partial charge on any atom is 0.341 e. The number of anilines is 2. The number of hydrogen-bond acceptors (Lipinski definition) is 6. The van der Waals surface area contributed by atoms with Crippen molar-refractivity contribution in [3.05, 3.63) is 57.6 Å². The number of aromatic nitrogens is 2. The number of aliphatic hydroxyl groups is 1. The average molecular weight is 498 g/mol. The molecule has 1 saturated heterocycles. The Morgan fingerprint density at radius 1 is 1.17 bits per heavy atom. The normalized spacial score (nSPS) is 16.9. The van der Waals surface area contributed by atoms with Gasteiger partial charge in [0.25, 0.3) is 0 Å². The highest BCUT2D eigenvalue weighted by molar-refractivity contribution is 5.94. The summed E-state index contributed by atoms with van der Waals surface area (Å²) >= 11 is 0. The minimum atomic E-state index is -2.77. The lowest BCUT2D eigenvalue weighted by molar-refractivity contribution is 0.0136. The summed E-state index contributed by atoms with van der Waals surface area (Å²) in [7, 11) is 0. The number of carbonyl (C=O) groups is 1. The number of nitrogens with two attached hydrogens (primary N) is 1. The van der Waals surface area contributed by atoms with Crippen LogP contribution in [0.5, 0.6) is 0 Å². The van der Waals surface area contributed by atoms with Crippen LogP contribution in [-0.2, 0) is 0 Å². The summed E-state index contributed by atoms with van der Waals surface area (Å²) in [5.74, 6) is -8.27. The SMILES string of the molecule is Nc1nc(-n2cc(C(=O)O)c(=O)c3cc(F)c(N4CCC(C(CO)C(F)F)C4)cc32)c(F)cc1F. The van der Waals surface area contributed by atoms with Crippen LogP contribution >= 0.6 is 0 Å². The minimum Gasteiger partial charge on any atom is -0.477 e. The van der Waals surface area contributed by atoms with Crippen molar-refractivity contribution in [3.8, 4) is 5.82 Å². The van der Waals surface area contributed by atoms with E-state index in [2.05, 4.69) is 4.98 Å². The fourth-order valence-electron chi connectivity index (χ4n) is 4.33. The maximum absolute atomic E-state index is 15.1. The second kappa shape index (κ2) is 9.13. The molecule has 13 heteroatoms. The maximum atomic E-state index is 15.1. The molecule has 3 aromatic rings. The Kier molecular flexibility index (Phi) is 6.36. The summed E-state index contributed by atoms with van der Waals surface area (Å²) in [6.07, 6.45) is -1.77. The van der Waals surface area contributed by atoms with E-state index < -0.39 is 76.3 Å². The molecule has 2 atom stereocenters. The van der Waals surface area contributed by atoms with E-state index in [0.717, 1.165) is 22.9 Å². The van der Waals surface area contributed by atoms with Gasteiger partial charge in [0.2, 0.25) is 11.9 Å². The highest BCUT2D eigenvalue weighted by Gasteiger charge is 2.35. The Morgan fingerprint density at radius 2 is 1.89 bits per heavy atom. The molecule has 0 saturated carbocycles. The smallest absolute Gasteiger partial charge is 0.341 e. The van der Waals surface area contributed by atoms with Crippen molar-refractivity contribution in [2.24, 2.45) is 11.8 Å². The summed E-state index contributed by atoms with van der Waals surface area (Å²) in [6, 6.07) is 2.33. The lowest BCUT2D eigenvalue weighted by Crippen LogP contribution is -2.29. The molecule has 4 N–H and O–H groups in total. The number of carboxylic acids is 1. The van der Waals surface area contributed by atoms with Crippen molar-refractivity contribution in [1.29, 1.82) is 0 Å². The molecule has 0 aliphatic carbocycles. The highest BCUT2D eigenvalue weighted by Crippen LogP contribution is 2.34. The van der Waals surface area contributed by atoms with Gasteiger partial charge in [-0.25, -0.2) is 31.7 Å². The highest BCUT2D eigenvalue weighted by atomic mass is 19.3. The number of aliphatic hydroxyl groups excluding tert-OH is 1. The summed E-state index contributed by atoms with van der Waals surface area (Å²) in [5.41, 5.74) is 3.29. The third-order valence-corrected chi connectivity index (χ3v) is 6.17. The number of nitrogen functional groups attached to an aromatic ring is 1. The van der Waals surface area contributed by atoms with Crippen LogP contribution in [0.4, 0.5) is 33.5 Å². The zero-order chi connectivity index (χ0) is 25.6. The van der Waals surface area contributed by atoms with E-state index in [0.29, 0.717) is 6.07 Å². The van der Waals surface area contributed by atoms with E-state index in [1.165, 1.54) is 4.90 Å². The molecule has 0 spiro atoms. The van der Waals surface area contributed by atoms with E-state index >= 15 is 4.39 Å². The van der Waals surface area contributed by atoms with E-state index in [1.54, 1.807) is 0 Å². The number of fused-ring (bicyclic) bond motifs is 1. The van der Waals surface area contributed by atoms with Crippen LogP contribution in [0.2, 0.25) is 0 Å². The van der Waals surface area contributed by atoms with E-state index in [1.807, 2.05) is 0 Å². The van der Waals surface area contributed by atoms with Gasteiger partial charge in [-0.15, -0.1) is 0 Å². The lowest BCUT2D eigenvalue weighted by atomic mass is 9.93. The van der Waals surface area contributed by atoms with Crippen molar-refractivity contribution in [2.45, 2.75) is 12.8 Å². The standard InChI is InChI=1S/C22H19F5N4O4/c23-13-3-10-16(5-17(13)30-2-1-9(6-30)12(8-32)19(26)27)31(7-11(18(10)33)22(34)35)21-15(25)4-14(24)20(28)29-21/h3-5,7,9,12,19,32H,1-2,6,8H2,(H2,28,29)(H,34,35). The van der Waals surface area contributed by atoms with Gasteiger partial charge in [-0.1, -0.05) is 0 Å². The number of alkyl halides is 2. The quantitative estimate of drug-likeness (QED) is 0.447. The molecule has 0 bridgehead atoms. The molecule has 1 aliphatic rings. The largest absolute Gasteiger partial charge is 0.477 e. The minimum absolute atomic E-state index is 0.0223. The Labute approximate surface area is 194 Å². The van der Waals surface area contributed by atoms with Gasteiger partial charge in [0.15, 0.2) is 23.3 Å². The second-order valence-corrected chi connectivity index (χ2v) is 8.20. The summed E-state index contributed by atoms with van der Waals surface area (Å²) in [6.45, 7) is -0.611. The van der Waals surface area contributed by atoms with E-state index in [4.69, 9.17) is 5.73 Å². The van der Waals surface area contributed by atoms with Gasteiger partial charge >= 0.3 is 5.97 Å². The lowest BCUT2D eigenvalue weighted by Gasteiger charge is -2.24. The molecule has 2 unspecified atom stereocenters. The molecule has 8 nitrogen and oxygen atoms in total. The van der Waals surface area contributed by atoms with Crippen LogP contribution in [-0.4, -0.2) is 51.9 Å². The van der Waals surface area contributed by atoms with Gasteiger partial charge in [-0.05, 0) is 24.5 Å². The van der Waals surface area contributed by atoms with E-state index in [-0.39, 0.29) is 30.7 Å². The van der Waals surface area contributed by atoms with Gasteiger partial charge < -0.3 is 20.8 Å². The fourth-order valence-corrected chi connectivity index (χ4v) is 4.33. The number of carboxylic acid groups (broad SMARTS) is 1. The Bertz CT molecular complexity index is 1380. The molecule has 3 heterocycles. The molecule has 2 aromatic heterocycles. The molecule has 35 heavy (non-hydrogen) atoms. The number of rotatable bonds is 6. The zero-order valence-corrected chi connectivity index (χ0v) is 17.9. The number of pyridine rings is 2. The van der Waals surface area contributed by atoms with Crippen molar-refractivity contribution in [3.63, 3.8) is 0 Å². The van der Waals surface area contributed by atoms with Gasteiger partial charge in [0.05, 0.1) is 23.2 Å². The summed E-state index contributed by atoms with van der Waals surface area (Å²) in [5, 5.41) is 18.3. The Balaban J connectivity index is 1.91. The number of aromatic carboxylic acids is 1. The van der Waals surface area contributed by atoms with Crippen LogP contribution in [0.3, 0.4) is 0 Å². The van der Waals surface area contributed by atoms with Crippen molar-refractivity contribution in [2.75, 3.05) is 30.3 Å². The van der Waals surface area contributed by atoms with Crippen LogP contribution in [0, 0.1) is 29.3 Å². The molecule has 186 valence electrons. The third kappa shape index (κ3) is 4.27. The molecule has 4 rings (SSSR count). The fraction of sp³-hybridized carbons (Fsp3) is 0.318. The summed E-state index contributed by atoms with van der Waals surface area (Å²) in [4.78, 5) is 29.4. The van der Waals surface area contributed by atoms with Crippen LogP contribution in [0.1, 0.15) is 16.8 Å². The number of halogens is 5. The average Bonchev–Trinajstić information content (AvgIpc) is 3.26. The van der Waals surface area contributed by atoms with Gasteiger partial charge in [0.1, 0.15) is 11.4 Å².